The number of nitrogens with zero attached hydrogens (tertiary/aromatic N) is 1. The maximum absolute atomic E-state index is 11.5. The average molecular weight is 270 g/mol. The molecule has 2 atom stereocenters. The van der Waals surface area contributed by atoms with Crippen LogP contribution in [0.2, 0.25) is 0 Å². The quantitative estimate of drug-likeness (QED) is 0.852. The summed E-state index contributed by atoms with van der Waals surface area (Å²) in [4.78, 5) is 4.37. The van der Waals surface area contributed by atoms with Gasteiger partial charge in [0.1, 0.15) is 0 Å². The lowest BCUT2D eigenvalue weighted by molar-refractivity contribution is 0.0984. The number of hydrogen-bond acceptors (Lipinski definition) is 5. The van der Waals surface area contributed by atoms with Crippen molar-refractivity contribution in [3.8, 4) is 0 Å². The van der Waals surface area contributed by atoms with E-state index in [-0.39, 0.29) is 23.7 Å². The van der Waals surface area contributed by atoms with E-state index in [1.165, 1.54) is 0 Å². The Balaban J connectivity index is 1.98. The van der Waals surface area contributed by atoms with Crippen molar-refractivity contribution in [2.45, 2.75) is 25.6 Å². The van der Waals surface area contributed by atoms with Crippen molar-refractivity contribution in [1.29, 1.82) is 0 Å². The minimum absolute atomic E-state index is 0.0996. The first kappa shape index (κ1) is 13.5. The fourth-order valence-electron chi connectivity index (χ4n) is 2.17. The first-order valence-electron chi connectivity index (χ1n) is 5.89. The monoisotopic (exact) mass is 270 g/mol. The Morgan fingerprint density at radius 1 is 1.44 bits per heavy atom. The van der Waals surface area contributed by atoms with Crippen LogP contribution in [0, 0.1) is 6.92 Å². The van der Waals surface area contributed by atoms with Crippen LogP contribution in [0.5, 0.6) is 0 Å². The Morgan fingerprint density at radius 2 is 2.22 bits per heavy atom. The van der Waals surface area contributed by atoms with E-state index in [2.05, 4.69) is 10.3 Å². The van der Waals surface area contributed by atoms with Crippen LogP contribution in [0.25, 0.3) is 0 Å². The predicted molar refractivity (Wildman–Crippen MR) is 69.1 cm³/mol. The summed E-state index contributed by atoms with van der Waals surface area (Å²) in [6.45, 7) is 2.49. The van der Waals surface area contributed by atoms with Crippen molar-refractivity contribution in [3.63, 3.8) is 0 Å². The molecule has 18 heavy (non-hydrogen) atoms. The lowest BCUT2D eigenvalue weighted by Crippen LogP contribution is -2.39. The van der Waals surface area contributed by atoms with E-state index in [1.807, 2.05) is 25.1 Å². The molecule has 1 aliphatic heterocycles. The number of rotatable bonds is 4. The molecule has 0 radical (unpaired) electrons. The zero-order valence-electron chi connectivity index (χ0n) is 10.6. The van der Waals surface area contributed by atoms with Crippen LogP contribution in [-0.2, 0) is 21.1 Å². The number of pyridine rings is 1. The highest BCUT2D eigenvalue weighted by Gasteiger charge is 2.37. The predicted octanol–water partition coefficient (Wildman–Crippen LogP) is 0.292. The maximum Gasteiger partial charge on any atom is 0.154 e. The lowest BCUT2D eigenvalue weighted by atomic mass is 10.2. The van der Waals surface area contributed by atoms with E-state index in [0.29, 0.717) is 6.54 Å². The summed E-state index contributed by atoms with van der Waals surface area (Å²) in [6.07, 6.45) is -0.264. The van der Waals surface area contributed by atoms with E-state index in [4.69, 9.17) is 4.74 Å². The molecule has 1 aliphatic rings. The van der Waals surface area contributed by atoms with Gasteiger partial charge in [0.25, 0.3) is 0 Å². The zero-order valence-corrected chi connectivity index (χ0v) is 11.4. The van der Waals surface area contributed by atoms with Crippen molar-refractivity contribution >= 4 is 9.84 Å². The fourth-order valence-corrected chi connectivity index (χ4v) is 4.06. The average Bonchev–Trinajstić information content (AvgIpc) is 2.61. The molecule has 0 aliphatic carbocycles. The molecule has 0 amide bonds. The van der Waals surface area contributed by atoms with Crippen LogP contribution in [0.1, 0.15) is 11.4 Å². The second-order valence-electron chi connectivity index (χ2n) is 4.61. The number of methoxy groups -OCH3 is 1. The Labute approximate surface area is 107 Å². The van der Waals surface area contributed by atoms with Crippen LogP contribution in [0.4, 0.5) is 0 Å². The third-order valence-electron chi connectivity index (χ3n) is 3.09. The SMILES string of the molecule is CO[C@@H]1CS(=O)(=O)C[C@H]1NCc1cccc(C)n1. The van der Waals surface area contributed by atoms with Crippen LogP contribution >= 0.6 is 0 Å². The van der Waals surface area contributed by atoms with Gasteiger partial charge in [-0.15, -0.1) is 0 Å². The van der Waals surface area contributed by atoms with Crippen LogP contribution < -0.4 is 5.32 Å². The molecule has 1 saturated heterocycles. The second kappa shape index (κ2) is 5.34. The third kappa shape index (κ3) is 3.28. The molecule has 1 aromatic rings. The fraction of sp³-hybridized carbons (Fsp3) is 0.583. The highest BCUT2D eigenvalue weighted by atomic mass is 32.2. The summed E-state index contributed by atoms with van der Waals surface area (Å²) >= 11 is 0. The molecule has 0 spiro atoms. The van der Waals surface area contributed by atoms with Crippen molar-refractivity contribution in [1.82, 2.24) is 10.3 Å². The summed E-state index contributed by atoms with van der Waals surface area (Å²) < 4.78 is 28.3. The molecule has 0 aromatic carbocycles. The van der Waals surface area contributed by atoms with Gasteiger partial charge in [0.2, 0.25) is 0 Å². The minimum Gasteiger partial charge on any atom is -0.379 e. The largest absolute Gasteiger partial charge is 0.379 e. The van der Waals surface area contributed by atoms with Crippen molar-refractivity contribution in [2.24, 2.45) is 0 Å². The van der Waals surface area contributed by atoms with Crippen LogP contribution in [-0.4, -0.2) is 44.2 Å². The number of aromatic nitrogens is 1. The summed E-state index contributed by atoms with van der Waals surface area (Å²) in [6, 6.07) is 5.65. The summed E-state index contributed by atoms with van der Waals surface area (Å²) in [7, 11) is -1.43. The van der Waals surface area contributed by atoms with E-state index >= 15 is 0 Å². The number of aryl methyl sites for hydroxylation is 1. The molecule has 0 bridgehead atoms. The molecule has 0 unspecified atom stereocenters. The summed E-state index contributed by atoms with van der Waals surface area (Å²) in [5.74, 6) is 0.236. The Hall–Kier alpha value is -0.980. The van der Waals surface area contributed by atoms with Gasteiger partial charge in [-0.1, -0.05) is 6.07 Å². The van der Waals surface area contributed by atoms with E-state index in [9.17, 15) is 8.42 Å². The lowest BCUT2D eigenvalue weighted by Gasteiger charge is -2.17. The molecule has 1 aromatic heterocycles. The standard InChI is InChI=1S/C12H18N2O3S/c1-9-4-3-5-10(14-9)6-13-11-7-18(15,16)8-12(11)17-2/h3-5,11-13H,6-8H2,1-2H3/t11-,12-/m1/s1. The van der Waals surface area contributed by atoms with E-state index < -0.39 is 9.84 Å². The summed E-state index contributed by atoms with van der Waals surface area (Å²) in [5.41, 5.74) is 1.87. The van der Waals surface area contributed by atoms with Gasteiger partial charge in [-0.3, -0.25) is 4.98 Å². The van der Waals surface area contributed by atoms with Gasteiger partial charge in [-0.25, -0.2) is 8.42 Å². The molecule has 1 N–H and O–H groups in total. The topological polar surface area (TPSA) is 68.3 Å². The van der Waals surface area contributed by atoms with Gasteiger partial charge in [-0.2, -0.15) is 0 Å². The van der Waals surface area contributed by atoms with Gasteiger partial charge in [-0.05, 0) is 19.1 Å². The molecular formula is C12H18N2O3S. The first-order chi connectivity index (χ1) is 8.50. The Kier molecular flexibility index (Phi) is 3.99. The van der Waals surface area contributed by atoms with Gasteiger partial charge >= 0.3 is 0 Å². The Bertz CT molecular complexity index is 516. The maximum atomic E-state index is 11.5. The normalized spacial score (nSPS) is 26.3. The number of ether oxygens (including phenoxy) is 1. The van der Waals surface area contributed by atoms with Crippen LogP contribution in [0.15, 0.2) is 18.2 Å². The zero-order chi connectivity index (χ0) is 13.2. The summed E-state index contributed by atoms with van der Waals surface area (Å²) in [5, 5.41) is 3.22. The molecule has 1 fully saturated rings. The number of sulfone groups is 1. The Morgan fingerprint density at radius 3 is 2.89 bits per heavy atom. The third-order valence-corrected chi connectivity index (χ3v) is 4.80. The highest BCUT2D eigenvalue weighted by Crippen LogP contribution is 2.15. The van der Waals surface area contributed by atoms with Crippen molar-refractivity contribution in [2.75, 3.05) is 18.6 Å². The number of hydrogen-bond donors (Lipinski definition) is 1. The van der Waals surface area contributed by atoms with Crippen molar-refractivity contribution < 1.29 is 13.2 Å². The van der Waals surface area contributed by atoms with Gasteiger partial charge in [0, 0.05) is 25.4 Å². The smallest absolute Gasteiger partial charge is 0.154 e. The van der Waals surface area contributed by atoms with E-state index in [0.717, 1.165) is 11.4 Å². The molecule has 100 valence electrons. The highest BCUT2D eigenvalue weighted by molar-refractivity contribution is 7.91. The minimum atomic E-state index is -2.98. The van der Waals surface area contributed by atoms with Crippen molar-refractivity contribution in [3.05, 3.63) is 29.6 Å². The van der Waals surface area contributed by atoms with Crippen LogP contribution in [0.3, 0.4) is 0 Å². The van der Waals surface area contributed by atoms with Gasteiger partial charge in [0.05, 0.1) is 23.3 Å². The second-order valence-corrected chi connectivity index (χ2v) is 6.76. The molecule has 2 heterocycles. The van der Waals surface area contributed by atoms with Gasteiger partial charge in [0.15, 0.2) is 9.84 Å². The molecular weight excluding hydrogens is 252 g/mol. The number of nitrogens with one attached hydrogen (secondary N) is 1. The molecule has 5 nitrogen and oxygen atoms in total. The van der Waals surface area contributed by atoms with Gasteiger partial charge < -0.3 is 10.1 Å². The molecule has 6 heteroatoms. The molecule has 0 saturated carbocycles. The van der Waals surface area contributed by atoms with E-state index in [1.54, 1.807) is 7.11 Å². The molecule has 2 rings (SSSR count). The first-order valence-corrected chi connectivity index (χ1v) is 7.71.